The van der Waals surface area contributed by atoms with Gasteiger partial charge >= 0.3 is 0 Å². The van der Waals surface area contributed by atoms with E-state index < -0.39 is 10.0 Å². The number of nitrogens with zero attached hydrogens (tertiary/aromatic N) is 1. The van der Waals surface area contributed by atoms with Crippen molar-refractivity contribution in [3.8, 4) is 0 Å². The summed E-state index contributed by atoms with van der Waals surface area (Å²) in [6.45, 7) is 3.82. The predicted octanol–water partition coefficient (Wildman–Crippen LogP) is 1.45. The number of hydrogen-bond acceptors (Lipinski definition) is 4. The summed E-state index contributed by atoms with van der Waals surface area (Å²) >= 11 is 0. The Kier molecular flexibility index (Phi) is 5.37. The number of rotatable bonds is 5. The highest BCUT2D eigenvalue weighted by atomic mass is 32.2. The molecule has 1 fully saturated rings. The number of methoxy groups -OCH3 is 1. The molecule has 21 heavy (non-hydrogen) atoms. The van der Waals surface area contributed by atoms with Crippen LogP contribution in [0.25, 0.3) is 0 Å². The Hall–Kier alpha value is -0.950. The molecule has 5 nitrogen and oxygen atoms in total. The molecule has 1 aromatic rings. The molecule has 1 aliphatic rings. The van der Waals surface area contributed by atoms with E-state index in [4.69, 9.17) is 4.74 Å². The maximum atomic E-state index is 12.7. The average molecular weight is 312 g/mol. The van der Waals surface area contributed by atoms with Gasteiger partial charge in [-0.25, -0.2) is 8.42 Å². The molecule has 0 amide bonds. The van der Waals surface area contributed by atoms with Crippen LogP contribution in [0.15, 0.2) is 29.2 Å². The second-order valence-corrected chi connectivity index (χ2v) is 7.52. The highest BCUT2D eigenvalue weighted by Crippen LogP contribution is 2.25. The number of sulfonamides is 1. The van der Waals surface area contributed by atoms with E-state index >= 15 is 0 Å². The first-order valence-electron chi connectivity index (χ1n) is 7.25. The first-order chi connectivity index (χ1) is 9.98. The molecule has 1 heterocycles. The van der Waals surface area contributed by atoms with E-state index in [1.165, 1.54) is 4.31 Å². The van der Waals surface area contributed by atoms with E-state index in [9.17, 15) is 8.42 Å². The topological polar surface area (TPSA) is 58.6 Å². The van der Waals surface area contributed by atoms with Gasteiger partial charge in [-0.2, -0.15) is 4.31 Å². The molecule has 0 bridgehead atoms. The molecule has 1 aromatic carbocycles. The van der Waals surface area contributed by atoms with Crippen LogP contribution >= 0.6 is 0 Å². The lowest BCUT2D eigenvalue weighted by atomic mass is 9.97. The van der Waals surface area contributed by atoms with E-state index in [2.05, 4.69) is 12.2 Å². The number of benzene rings is 1. The molecule has 1 N–H and O–H groups in total. The van der Waals surface area contributed by atoms with Crippen LogP contribution in [-0.4, -0.2) is 46.1 Å². The quantitative estimate of drug-likeness (QED) is 0.894. The SMILES string of the molecule is CNCc1ccc(S(=O)(=O)N2CCC(C)C(OC)C2)cc1. The molecular weight excluding hydrogens is 288 g/mol. The van der Waals surface area contributed by atoms with Gasteiger partial charge in [-0.3, -0.25) is 0 Å². The maximum Gasteiger partial charge on any atom is 0.243 e. The van der Waals surface area contributed by atoms with Crippen molar-refractivity contribution in [3.05, 3.63) is 29.8 Å². The Balaban J connectivity index is 2.17. The van der Waals surface area contributed by atoms with Gasteiger partial charge in [0, 0.05) is 26.7 Å². The lowest BCUT2D eigenvalue weighted by Gasteiger charge is -2.35. The molecule has 6 heteroatoms. The molecule has 0 radical (unpaired) electrons. The molecule has 0 aliphatic carbocycles. The minimum Gasteiger partial charge on any atom is -0.380 e. The van der Waals surface area contributed by atoms with Gasteiger partial charge < -0.3 is 10.1 Å². The van der Waals surface area contributed by atoms with Crippen molar-refractivity contribution in [3.63, 3.8) is 0 Å². The Morgan fingerprint density at radius 3 is 2.57 bits per heavy atom. The smallest absolute Gasteiger partial charge is 0.243 e. The van der Waals surface area contributed by atoms with Crippen LogP contribution in [0.2, 0.25) is 0 Å². The van der Waals surface area contributed by atoms with Gasteiger partial charge in [0.2, 0.25) is 10.0 Å². The largest absolute Gasteiger partial charge is 0.380 e. The van der Waals surface area contributed by atoms with Gasteiger partial charge in [0.05, 0.1) is 11.0 Å². The number of hydrogen-bond donors (Lipinski definition) is 1. The van der Waals surface area contributed by atoms with Crippen molar-refractivity contribution in [2.75, 3.05) is 27.2 Å². The summed E-state index contributed by atoms with van der Waals surface area (Å²) in [5.41, 5.74) is 1.07. The van der Waals surface area contributed by atoms with Crippen LogP contribution in [0.1, 0.15) is 18.9 Å². The van der Waals surface area contributed by atoms with Crippen LogP contribution in [0.4, 0.5) is 0 Å². The van der Waals surface area contributed by atoms with Crippen LogP contribution in [0.3, 0.4) is 0 Å². The normalized spacial score (nSPS) is 24.1. The molecule has 2 rings (SSSR count). The van der Waals surface area contributed by atoms with E-state index in [1.807, 2.05) is 19.2 Å². The molecule has 1 saturated heterocycles. The molecular formula is C15H24N2O3S. The predicted molar refractivity (Wildman–Crippen MR) is 82.5 cm³/mol. The van der Waals surface area contributed by atoms with E-state index in [-0.39, 0.29) is 6.10 Å². The van der Waals surface area contributed by atoms with E-state index in [0.29, 0.717) is 23.9 Å². The first kappa shape index (κ1) is 16.4. The van der Waals surface area contributed by atoms with Gasteiger partial charge in [-0.1, -0.05) is 19.1 Å². The zero-order valence-electron chi connectivity index (χ0n) is 12.9. The summed E-state index contributed by atoms with van der Waals surface area (Å²) in [7, 11) is 0.0810. The summed E-state index contributed by atoms with van der Waals surface area (Å²) in [6, 6.07) is 7.07. The van der Waals surface area contributed by atoms with Gasteiger partial charge in [0.15, 0.2) is 0 Å². The summed E-state index contributed by atoms with van der Waals surface area (Å²) in [4.78, 5) is 0.353. The second-order valence-electron chi connectivity index (χ2n) is 5.58. The third-order valence-electron chi connectivity index (χ3n) is 4.10. The number of ether oxygens (including phenoxy) is 1. The van der Waals surface area contributed by atoms with Crippen molar-refractivity contribution in [2.45, 2.75) is 30.9 Å². The van der Waals surface area contributed by atoms with Gasteiger partial charge in [-0.15, -0.1) is 0 Å². The summed E-state index contributed by atoms with van der Waals surface area (Å²) in [5, 5.41) is 3.05. The standard InChI is InChI=1S/C15H24N2O3S/c1-12-8-9-17(11-15(12)20-3)21(18,19)14-6-4-13(5-7-14)10-16-2/h4-7,12,15-16H,8-11H2,1-3H3. The summed E-state index contributed by atoms with van der Waals surface area (Å²) in [5.74, 6) is 0.388. The van der Waals surface area contributed by atoms with Crippen molar-refractivity contribution < 1.29 is 13.2 Å². The van der Waals surface area contributed by atoms with Crippen LogP contribution < -0.4 is 5.32 Å². The lowest BCUT2D eigenvalue weighted by molar-refractivity contribution is 0.0184. The highest BCUT2D eigenvalue weighted by molar-refractivity contribution is 7.89. The fraction of sp³-hybridized carbons (Fsp3) is 0.600. The van der Waals surface area contributed by atoms with E-state index in [0.717, 1.165) is 18.5 Å². The van der Waals surface area contributed by atoms with Gasteiger partial charge in [0.25, 0.3) is 0 Å². The minimum atomic E-state index is -3.43. The fourth-order valence-corrected chi connectivity index (χ4v) is 4.13. The molecule has 0 spiro atoms. The third-order valence-corrected chi connectivity index (χ3v) is 5.98. The van der Waals surface area contributed by atoms with Crippen LogP contribution in [-0.2, 0) is 21.3 Å². The Labute approximate surface area is 127 Å². The van der Waals surface area contributed by atoms with Crippen molar-refractivity contribution in [1.29, 1.82) is 0 Å². The monoisotopic (exact) mass is 312 g/mol. The first-order valence-corrected chi connectivity index (χ1v) is 8.69. The molecule has 1 aliphatic heterocycles. The Bertz CT molecular complexity index is 557. The zero-order chi connectivity index (χ0) is 15.5. The highest BCUT2D eigenvalue weighted by Gasteiger charge is 2.33. The summed E-state index contributed by atoms with van der Waals surface area (Å²) < 4.78 is 32.3. The third kappa shape index (κ3) is 3.63. The molecule has 2 unspecified atom stereocenters. The van der Waals surface area contributed by atoms with E-state index in [1.54, 1.807) is 19.2 Å². The maximum absolute atomic E-state index is 12.7. The van der Waals surface area contributed by atoms with Crippen LogP contribution in [0, 0.1) is 5.92 Å². The van der Waals surface area contributed by atoms with Crippen molar-refractivity contribution in [2.24, 2.45) is 5.92 Å². The van der Waals surface area contributed by atoms with Gasteiger partial charge in [0.1, 0.15) is 0 Å². The second kappa shape index (κ2) is 6.87. The summed E-state index contributed by atoms with van der Waals surface area (Å²) in [6.07, 6.45) is 0.798. The molecule has 2 atom stereocenters. The average Bonchev–Trinajstić information content (AvgIpc) is 2.48. The minimum absolute atomic E-state index is 0.0305. The van der Waals surface area contributed by atoms with Crippen molar-refractivity contribution >= 4 is 10.0 Å². The van der Waals surface area contributed by atoms with Gasteiger partial charge in [-0.05, 0) is 37.1 Å². The van der Waals surface area contributed by atoms with Crippen molar-refractivity contribution in [1.82, 2.24) is 9.62 Å². The molecule has 0 saturated carbocycles. The number of piperidine rings is 1. The molecule has 118 valence electrons. The fourth-order valence-electron chi connectivity index (χ4n) is 2.66. The molecule has 0 aromatic heterocycles. The number of nitrogens with one attached hydrogen (secondary N) is 1. The zero-order valence-corrected chi connectivity index (χ0v) is 13.7. The Morgan fingerprint density at radius 2 is 2.00 bits per heavy atom. The van der Waals surface area contributed by atoms with Crippen LogP contribution in [0.5, 0.6) is 0 Å². The Morgan fingerprint density at radius 1 is 1.33 bits per heavy atom. The lowest BCUT2D eigenvalue weighted by Crippen LogP contribution is -2.46.